The molecule has 146 valence electrons. The van der Waals surface area contributed by atoms with E-state index < -0.39 is 15.6 Å². The van der Waals surface area contributed by atoms with E-state index in [9.17, 15) is 18.0 Å². The van der Waals surface area contributed by atoms with Crippen LogP contribution in [0.3, 0.4) is 0 Å². The molecule has 27 heavy (non-hydrogen) atoms. The maximum atomic E-state index is 13.0. The van der Waals surface area contributed by atoms with Gasteiger partial charge in [-0.15, -0.1) is 0 Å². The smallest absolute Gasteiger partial charge is 0.254 e. The van der Waals surface area contributed by atoms with E-state index in [2.05, 4.69) is 13.8 Å². The Labute approximate surface area is 159 Å². The van der Waals surface area contributed by atoms with Crippen molar-refractivity contribution in [2.24, 2.45) is 5.92 Å². The van der Waals surface area contributed by atoms with Crippen LogP contribution in [-0.2, 0) is 19.4 Å². The molecular formula is C19H24N2O5S. The summed E-state index contributed by atoms with van der Waals surface area (Å²) in [6.45, 7) is 5.18. The number of amides is 2. The molecule has 8 heteroatoms. The molecule has 0 aromatic heterocycles. The lowest BCUT2D eigenvalue weighted by Crippen LogP contribution is -2.51. The Bertz CT molecular complexity index is 895. The maximum absolute atomic E-state index is 13.0. The summed E-state index contributed by atoms with van der Waals surface area (Å²) in [4.78, 5) is 29.5. The zero-order valence-corrected chi connectivity index (χ0v) is 16.5. The molecule has 1 aromatic carbocycles. The van der Waals surface area contributed by atoms with Crippen LogP contribution < -0.4 is 0 Å². The average Bonchev–Trinajstić information content (AvgIpc) is 3.23. The summed E-state index contributed by atoms with van der Waals surface area (Å²) in [5.41, 5.74) is -0.280. The first-order valence-electron chi connectivity index (χ1n) is 9.22. The van der Waals surface area contributed by atoms with Crippen LogP contribution in [0, 0.1) is 5.92 Å². The number of sulfone groups is 1. The van der Waals surface area contributed by atoms with Crippen LogP contribution in [0.5, 0.6) is 0 Å². The first-order chi connectivity index (χ1) is 12.6. The molecule has 1 spiro atoms. The Morgan fingerprint density at radius 3 is 2.52 bits per heavy atom. The maximum Gasteiger partial charge on any atom is 0.254 e. The normalized spacial score (nSPS) is 30.1. The van der Waals surface area contributed by atoms with Crippen molar-refractivity contribution in [3.8, 4) is 0 Å². The van der Waals surface area contributed by atoms with Gasteiger partial charge in [-0.1, -0.05) is 13.8 Å². The standard InChI is InChI=1S/C19H24N2O5S/c1-12(2)15-11-26-19-8-9-20(16(19)10-17(22)21(15)19)18(23)13-4-6-14(7-5-13)27(3,24)25/h4-7,12,15-16H,8-11H2,1-3H3/t15-,16+,19-/m0/s1. The van der Waals surface area contributed by atoms with E-state index in [4.69, 9.17) is 4.74 Å². The number of likely N-dealkylation sites (tertiary alicyclic amines) is 1. The van der Waals surface area contributed by atoms with Gasteiger partial charge >= 0.3 is 0 Å². The van der Waals surface area contributed by atoms with Gasteiger partial charge in [-0.2, -0.15) is 0 Å². The van der Waals surface area contributed by atoms with E-state index >= 15 is 0 Å². The van der Waals surface area contributed by atoms with Crippen LogP contribution in [0.25, 0.3) is 0 Å². The predicted molar refractivity (Wildman–Crippen MR) is 97.8 cm³/mol. The fourth-order valence-corrected chi connectivity index (χ4v) is 5.25. The van der Waals surface area contributed by atoms with Gasteiger partial charge in [0.25, 0.3) is 5.91 Å². The van der Waals surface area contributed by atoms with Crippen LogP contribution in [0.15, 0.2) is 29.2 Å². The molecule has 2 amide bonds. The second-order valence-corrected chi connectivity index (χ2v) is 10.0. The van der Waals surface area contributed by atoms with Crippen molar-refractivity contribution in [2.75, 3.05) is 19.4 Å². The van der Waals surface area contributed by atoms with Crippen molar-refractivity contribution < 1.29 is 22.7 Å². The van der Waals surface area contributed by atoms with E-state index in [1.807, 2.05) is 4.90 Å². The Morgan fingerprint density at radius 2 is 1.93 bits per heavy atom. The summed E-state index contributed by atoms with van der Waals surface area (Å²) in [5.74, 6) is 0.143. The molecule has 3 aliphatic rings. The Balaban J connectivity index is 1.60. The molecule has 0 unspecified atom stereocenters. The van der Waals surface area contributed by atoms with E-state index in [0.29, 0.717) is 31.1 Å². The fourth-order valence-electron chi connectivity index (χ4n) is 4.62. The highest BCUT2D eigenvalue weighted by molar-refractivity contribution is 7.90. The number of rotatable bonds is 3. The lowest BCUT2D eigenvalue weighted by molar-refractivity contribution is -0.139. The van der Waals surface area contributed by atoms with Gasteiger partial charge in [0.05, 0.1) is 30.0 Å². The zero-order valence-electron chi connectivity index (χ0n) is 15.7. The largest absolute Gasteiger partial charge is 0.351 e. The average molecular weight is 392 g/mol. The molecular weight excluding hydrogens is 368 g/mol. The molecule has 0 aliphatic carbocycles. The quantitative estimate of drug-likeness (QED) is 0.774. The van der Waals surface area contributed by atoms with Gasteiger partial charge in [-0.3, -0.25) is 9.59 Å². The van der Waals surface area contributed by atoms with Gasteiger partial charge in [0, 0.05) is 24.8 Å². The molecule has 1 aromatic rings. The lowest BCUT2D eigenvalue weighted by atomic mass is 10.0. The molecule has 0 radical (unpaired) electrons. The number of hydrogen-bond donors (Lipinski definition) is 0. The van der Waals surface area contributed by atoms with E-state index in [1.165, 1.54) is 24.3 Å². The number of carbonyl (C=O) groups excluding carboxylic acids is 2. The Hall–Kier alpha value is -1.93. The summed E-state index contributed by atoms with van der Waals surface area (Å²) < 4.78 is 29.4. The third kappa shape index (κ3) is 2.69. The summed E-state index contributed by atoms with van der Waals surface area (Å²) >= 11 is 0. The van der Waals surface area contributed by atoms with Crippen LogP contribution in [0.2, 0.25) is 0 Å². The molecule has 0 bridgehead atoms. The molecule has 7 nitrogen and oxygen atoms in total. The van der Waals surface area contributed by atoms with Gasteiger partial charge in [-0.25, -0.2) is 8.42 Å². The first kappa shape index (κ1) is 18.4. The minimum Gasteiger partial charge on any atom is -0.351 e. The van der Waals surface area contributed by atoms with E-state index in [-0.39, 0.29) is 35.2 Å². The molecule has 4 rings (SSSR count). The van der Waals surface area contributed by atoms with Gasteiger partial charge < -0.3 is 14.5 Å². The molecule has 3 heterocycles. The molecule has 3 atom stereocenters. The van der Waals surface area contributed by atoms with E-state index in [0.717, 1.165) is 6.26 Å². The number of carbonyl (C=O) groups is 2. The number of hydrogen-bond acceptors (Lipinski definition) is 5. The minimum absolute atomic E-state index is 0.0427. The van der Waals surface area contributed by atoms with Gasteiger partial charge in [-0.05, 0) is 30.2 Å². The third-order valence-corrected chi connectivity index (χ3v) is 7.18. The Morgan fingerprint density at radius 1 is 1.26 bits per heavy atom. The summed E-state index contributed by atoms with van der Waals surface area (Å²) in [6.07, 6.45) is 2.02. The zero-order chi connectivity index (χ0) is 19.6. The van der Waals surface area contributed by atoms with Gasteiger partial charge in [0.1, 0.15) is 0 Å². The highest BCUT2D eigenvalue weighted by atomic mass is 32.2. The summed E-state index contributed by atoms with van der Waals surface area (Å²) in [5, 5.41) is 0. The second kappa shape index (κ2) is 6.04. The van der Waals surface area contributed by atoms with Crippen molar-refractivity contribution in [1.82, 2.24) is 9.80 Å². The lowest BCUT2D eigenvalue weighted by Gasteiger charge is -2.34. The number of ether oxygens (including phenoxy) is 1. The first-order valence-corrected chi connectivity index (χ1v) is 11.1. The molecule has 0 N–H and O–H groups in total. The summed E-state index contributed by atoms with van der Waals surface area (Å²) in [7, 11) is -3.31. The molecule has 0 saturated carbocycles. The van der Waals surface area contributed by atoms with Crippen LogP contribution in [0.1, 0.15) is 37.0 Å². The molecule has 3 aliphatic heterocycles. The van der Waals surface area contributed by atoms with E-state index in [1.54, 1.807) is 4.90 Å². The Kier molecular flexibility index (Phi) is 4.12. The van der Waals surface area contributed by atoms with Crippen molar-refractivity contribution in [1.29, 1.82) is 0 Å². The SMILES string of the molecule is CC(C)[C@@H]1CO[C@@]23CCN(C(=O)c4ccc(S(C)(=O)=O)cc4)[C@@H]2CC(=O)N13. The van der Waals surface area contributed by atoms with Crippen LogP contribution in [0.4, 0.5) is 0 Å². The van der Waals surface area contributed by atoms with Crippen molar-refractivity contribution in [3.05, 3.63) is 29.8 Å². The molecule has 3 saturated heterocycles. The topological polar surface area (TPSA) is 84.0 Å². The van der Waals surface area contributed by atoms with Crippen LogP contribution >= 0.6 is 0 Å². The van der Waals surface area contributed by atoms with Gasteiger partial charge in [0.15, 0.2) is 15.6 Å². The monoisotopic (exact) mass is 392 g/mol. The highest BCUT2D eigenvalue weighted by Gasteiger charge is 2.65. The fraction of sp³-hybridized carbons (Fsp3) is 0.579. The van der Waals surface area contributed by atoms with Crippen LogP contribution in [-0.4, -0.2) is 67.2 Å². The van der Waals surface area contributed by atoms with Crippen molar-refractivity contribution >= 4 is 21.7 Å². The second-order valence-electron chi connectivity index (χ2n) is 8.00. The minimum atomic E-state index is -3.31. The number of nitrogens with zero attached hydrogens (tertiary/aromatic N) is 2. The molecule has 3 fully saturated rings. The van der Waals surface area contributed by atoms with Crippen molar-refractivity contribution in [2.45, 2.75) is 49.4 Å². The third-order valence-electron chi connectivity index (χ3n) is 6.05. The van der Waals surface area contributed by atoms with Crippen molar-refractivity contribution in [3.63, 3.8) is 0 Å². The van der Waals surface area contributed by atoms with Gasteiger partial charge in [0.2, 0.25) is 5.91 Å². The predicted octanol–water partition coefficient (Wildman–Crippen LogP) is 1.29. The summed E-state index contributed by atoms with van der Waals surface area (Å²) in [6, 6.07) is 5.71. The highest BCUT2D eigenvalue weighted by Crippen LogP contribution is 2.49. The number of benzene rings is 1.